The average molecular weight is 351 g/mol. The van der Waals surface area contributed by atoms with Gasteiger partial charge in [0.05, 0.1) is 6.10 Å². The lowest BCUT2D eigenvalue weighted by molar-refractivity contribution is 0.228. The Hall–Kier alpha value is -0.383. The summed E-state index contributed by atoms with van der Waals surface area (Å²) in [6.07, 6.45) is 8.00. The molecule has 1 heterocycles. The summed E-state index contributed by atoms with van der Waals surface area (Å²) in [5.74, 6) is 0. The van der Waals surface area contributed by atoms with Crippen LogP contribution >= 0.6 is 11.3 Å². The third-order valence-corrected chi connectivity index (χ3v) is 11.2. The first-order chi connectivity index (χ1) is 11.2. The molecular weight excluding hydrogens is 316 g/mol. The Morgan fingerprint density at radius 3 is 2.52 bits per heavy atom. The van der Waals surface area contributed by atoms with E-state index in [0.717, 1.165) is 0 Å². The molecular formula is C20H34OSSi. The summed E-state index contributed by atoms with van der Waals surface area (Å²) >= 11 is 1.90. The van der Waals surface area contributed by atoms with Gasteiger partial charge >= 0.3 is 0 Å². The van der Waals surface area contributed by atoms with Gasteiger partial charge in [-0.3, -0.25) is 0 Å². The van der Waals surface area contributed by atoms with Gasteiger partial charge in [-0.15, -0.1) is 11.3 Å². The SMILES string of the molecule is CCCC/C(=C1/CCCC1O[Si](CC)(CC)CC)c1cccs1. The summed E-state index contributed by atoms with van der Waals surface area (Å²) in [7, 11) is -1.52. The average Bonchev–Trinajstić information content (AvgIpc) is 3.26. The van der Waals surface area contributed by atoms with Crippen molar-refractivity contribution in [1.82, 2.24) is 0 Å². The second kappa shape index (κ2) is 9.19. The smallest absolute Gasteiger partial charge is 0.192 e. The van der Waals surface area contributed by atoms with Crippen molar-refractivity contribution < 1.29 is 4.43 Å². The van der Waals surface area contributed by atoms with Gasteiger partial charge in [-0.05, 0) is 72.8 Å². The van der Waals surface area contributed by atoms with E-state index in [2.05, 4.69) is 45.2 Å². The molecule has 2 rings (SSSR count). The third kappa shape index (κ3) is 4.58. The molecule has 1 aromatic rings. The third-order valence-electron chi connectivity index (χ3n) is 5.61. The van der Waals surface area contributed by atoms with Crippen LogP contribution < -0.4 is 0 Å². The van der Waals surface area contributed by atoms with Crippen molar-refractivity contribution in [3.63, 3.8) is 0 Å². The standard InChI is InChI=1S/C20H34OSSi/c1-5-9-12-18(20-15-11-16-22-20)17-13-10-14-19(17)21-23(6-2,7-3)8-4/h11,15-16,19H,5-10,12-14H2,1-4H3/b18-17+. The van der Waals surface area contributed by atoms with Crippen LogP contribution in [0.4, 0.5) is 0 Å². The highest BCUT2D eigenvalue weighted by Gasteiger charge is 2.35. The number of hydrogen-bond donors (Lipinski definition) is 0. The lowest BCUT2D eigenvalue weighted by Gasteiger charge is -2.33. The van der Waals surface area contributed by atoms with Gasteiger partial charge in [-0.2, -0.15) is 0 Å². The van der Waals surface area contributed by atoms with E-state index in [1.54, 1.807) is 11.1 Å². The molecule has 3 heteroatoms. The summed E-state index contributed by atoms with van der Waals surface area (Å²) in [5, 5.41) is 2.22. The zero-order valence-electron chi connectivity index (χ0n) is 15.5. The zero-order valence-corrected chi connectivity index (χ0v) is 17.3. The molecule has 1 aliphatic carbocycles. The molecule has 0 bridgehead atoms. The summed E-state index contributed by atoms with van der Waals surface area (Å²) in [5.41, 5.74) is 3.27. The Morgan fingerprint density at radius 1 is 1.22 bits per heavy atom. The molecule has 0 spiro atoms. The Balaban J connectivity index is 2.29. The fourth-order valence-electron chi connectivity index (χ4n) is 3.84. The van der Waals surface area contributed by atoms with Crippen LogP contribution in [0.25, 0.3) is 5.57 Å². The lowest BCUT2D eigenvalue weighted by Crippen LogP contribution is -2.39. The summed E-state index contributed by atoms with van der Waals surface area (Å²) in [6.45, 7) is 9.32. The molecule has 1 fully saturated rings. The van der Waals surface area contributed by atoms with Crippen LogP contribution in [-0.4, -0.2) is 14.4 Å². The highest BCUT2D eigenvalue weighted by molar-refractivity contribution is 7.11. The van der Waals surface area contributed by atoms with Crippen LogP contribution in [-0.2, 0) is 4.43 Å². The predicted molar refractivity (Wildman–Crippen MR) is 107 cm³/mol. The molecule has 1 aliphatic rings. The quantitative estimate of drug-likeness (QED) is 0.426. The molecule has 23 heavy (non-hydrogen) atoms. The highest BCUT2D eigenvalue weighted by Crippen LogP contribution is 2.40. The predicted octanol–water partition coefficient (Wildman–Crippen LogP) is 7.27. The van der Waals surface area contributed by atoms with Gasteiger partial charge in [0.2, 0.25) is 0 Å². The van der Waals surface area contributed by atoms with Crippen molar-refractivity contribution in [2.45, 2.75) is 90.5 Å². The first-order valence-corrected chi connectivity index (χ1v) is 13.0. The van der Waals surface area contributed by atoms with Crippen LogP contribution in [0.5, 0.6) is 0 Å². The highest BCUT2D eigenvalue weighted by atomic mass is 32.1. The van der Waals surface area contributed by atoms with Gasteiger partial charge in [-0.1, -0.05) is 40.2 Å². The van der Waals surface area contributed by atoms with E-state index in [9.17, 15) is 0 Å². The molecule has 0 N–H and O–H groups in total. The van der Waals surface area contributed by atoms with Crippen molar-refractivity contribution in [2.75, 3.05) is 0 Å². The molecule has 0 radical (unpaired) electrons. The number of thiophene rings is 1. The van der Waals surface area contributed by atoms with E-state index in [-0.39, 0.29) is 0 Å². The van der Waals surface area contributed by atoms with Crippen LogP contribution in [0, 0.1) is 0 Å². The monoisotopic (exact) mass is 350 g/mol. The minimum Gasteiger partial charge on any atom is -0.410 e. The van der Waals surface area contributed by atoms with Crippen LogP contribution in [0.15, 0.2) is 23.1 Å². The second-order valence-corrected chi connectivity index (χ2v) is 12.5. The maximum absolute atomic E-state index is 6.90. The molecule has 0 aliphatic heterocycles. The lowest BCUT2D eigenvalue weighted by atomic mass is 9.98. The van der Waals surface area contributed by atoms with Gasteiger partial charge in [0, 0.05) is 4.88 Å². The van der Waals surface area contributed by atoms with E-state index in [1.165, 1.54) is 61.5 Å². The first kappa shape index (κ1) is 18.9. The molecule has 1 aromatic heterocycles. The van der Waals surface area contributed by atoms with E-state index in [1.807, 2.05) is 11.3 Å². The van der Waals surface area contributed by atoms with E-state index < -0.39 is 8.32 Å². The Bertz CT molecular complexity index is 479. The maximum atomic E-state index is 6.90. The molecule has 1 unspecified atom stereocenters. The zero-order chi connectivity index (χ0) is 16.7. The summed E-state index contributed by atoms with van der Waals surface area (Å²) < 4.78 is 6.90. The Kier molecular flexibility index (Phi) is 7.57. The second-order valence-electron chi connectivity index (χ2n) is 6.83. The summed E-state index contributed by atoms with van der Waals surface area (Å²) in [4.78, 5) is 1.49. The van der Waals surface area contributed by atoms with Gasteiger partial charge < -0.3 is 4.43 Å². The minimum absolute atomic E-state index is 0.412. The number of unbranched alkanes of at least 4 members (excludes halogenated alkanes) is 1. The first-order valence-electron chi connectivity index (χ1n) is 9.63. The normalized spacial score (nSPS) is 21.0. The molecule has 1 nitrogen and oxygen atoms in total. The molecule has 0 amide bonds. The van der Waals surface area contributed by atoms with Crippen LogP contribution in [0.1, 0.15) is 71.1 Å². The molecule has 1 saturated carbocycles. The van der Waals surface area contributed by atoms with Crippen molar-refractivity contribution in [1.29, 1.82) is 0 Å². The number of allylic oxidation sites excluding steroid dienone is 1. The Morgan fingerprint density at radius 2 is 1.96 bits per heavy atom. The maximum Gasteiger partial charge on any atom is 0.192 e. The van der Waals surface area contributed by atoms with Crippen LogP contribution in [0.2, 0.25) is 18.1 Å². The number of hydrogen-bond acceptors (Lipinski definition) is 2. The fourth-order valence-corrected chi connectivity index (χ4v) is 7.54. The van der Waals surface area contributed by atoms with Crippen molar-refractivity contribution in [2.24, 2.45) is 0 Å². The topological polar surface area (TPSA) is 9.23 Å². The summed E-state index contributed by atoms with van der Waals surface area (Å²) in [6, 6.07) is 8.27. The van der Waals surface area contributed by atoms with Gasteiger partial charge in [-0.25, -0.2) is 0 Å². The minimum atomic E-state index is -1.52. The molecule has 1 atom stereocenters. The van der Waals surface area contributed by atoms with E-state index >= 15 is 0 Å². The van der Waals surface area contributed by atoms with Crippen molar-refractivity contribution in [3.8, 4) is 0 Å². The van der Waals surface area contributed by atoms with Crippen molar-refractivity contribution >= 4 is 25.2 Å². The van der Waals surface area contributed by atoms with Gasteiger partial charge in [0.25, 0.3) is 0 Å². The van der Waals surface area contributed by atoms with Crippen molar-refractivity contribution in [3.05, 3.63) is 28.0 Å². The molecule has 0 saturated heterocycles. The largest absolute Gasteiger partial charge is 0.410 e. The fraction of sp³-hybridized carbons (Fsp3) is 0.700. The van der Waals surface area contributed by atoms with E-state index in [4.69, 9.17) is 4.43 Å². The Labute approximate surface area is 148 Å². The number of rotatable bonds is 9. The van der Waals surface area contributed by atoms with E-state index in [0.29, 0.717) is 6.10 Å². The van der Waals surface area contributed by atoms with Gasteiger partial charge in [0.15, 0.2) is 8.32 Å². The molecule has 0 aromatic carbocycles. The van der Waals surface area contributed by atoms with Gasteiger partial charge in [0.1, 0.15) is 0 Å². The van der Waals surface area contributed by atoms with Crippen LogP contribution in [0.3, 0.4) is 0 Å². The molecule has 130 valence electrons.